The summed E-state index contributed by atoms with van der Waals surface area (Å²) in [7, 11) is 3.26. The quantitative estimate of drug-likeness (QED) is 0.333. The molecule has 2 N–H and O–H groups in total. The molecule has 0 aromatic rings. The van der Waals surface area contributed by atoms with Crippen molar-refractivity contribution in [3.63, 3.8) is 0 Å². The predicted octanol–water partition coefficient (Wildman–Crippen LogP) is -1.11. The van der Waals surface area contributed by atoms with E-state index in [0.29, 0.717) is 0 Å². The molecule has 0 bridgehead atoms. The van der Waals surface area contributed by atoms with Gasteiger partial charge in [0, 0.05) is 0 Å². The van der Waals surface area contributed by atoms with Gasteiger partial charge in [-0.15, -0.1) is 0 Å². The van der Waals surface area contributed by atoms with Gasteiger partial charge in [-0.25, -0.2) is 0 Å². The minimum absolute atomic E-state index is 2.76. The van der Waals surface area contributed by atoms with E-state index in [-0.39, 0.29) is 0 Å². The Kier molecular flexibility index (Phi) is 2.97. The molecular formula is H3O2SSb. The summed E-state index contributed by atoms with van der Waals surface area (Å²) < 4.78 is 15.3. The Labute approximate surface area is 36.4 Å². The van der Waals surface area contributed by atoms with Crippen LogP contribution in [0.15, 0.2) is 0 Å². The van der Waals surface area contributed by atoms with Crippen LogP contribution in [0.5, 0.6) is 0 Å². The fourth-order valence-electron chi connectivity index (χ4n) is 0. The molecule has 0 spiro atoms. The molecule has 0 heterocycles. The maximum absolute atomic E-state index is 7.66. The molecule has 0 rings (SSSR count). The number of hydrogen-bond donors (Lipinski definition) is 3. The Hall–Kier alpha value is 1.09. The fourth-order valence-corrected chi connectivity index (χ4v) is 0. The molecule has 2 nitrogen and oxygen atoms in total. The van der Waals surface area contributed by atoms with Crippen molar-refractivity contribution in [3.05, 3.63) is 0 Å². The first-order valence-corrected chi connectivity index (χ1v) is 6.71. The second-order valence-electron chi connectivity index (χ2n) is 0.268. The average molecular weight is 189 g/mol. The Balaban J connectivity index is 2.32. The molecule has 0 saturated carbocycles. The van der Waals surface area contributed by atoms with E-state index in [1.807, 2.05) is 0 Å². The molecule has 0 aliphatic rings. The summed E-state index contributed by atoms with van der Waals surface area (Å²) in [6.07, 6.45) is 0. The van der Waals surface area contributed by atoms with Crippen molar-refractivity contribution in [2.45, 2.75) is 0 Å². The van der Waals surface area contributed by atoms with Crippen LogP contribution in [0.1, 0.15) is 0 Å². The molecule has 0 aliphatic heterocycles. The van der Waals surface area contributed by atoms with Gasteiger partial charge in [-0.05, 0) is 0 Å². The van der Waals surface area contributed by atoms with E-state index in [9.17, 15) is 0 Å². The van der Waals surface area contributed by atoms with Gasteiger partial charge >= 0.3 is 36.1 Å². The van der Waals surface area contributed by atoms with E-state index in [4.69, 9.17) is 6.77 Å². The van der Waals surface area contributed by atoms with Gasteiger partial charge in [0.2, 0.25) is 0 Å². The first-order chi connectivity index (χ1) is 1.73. The third kappa shape index (κ3) is 11.4. The summed E-state index contributed by atoms with van der Waals surface area (Å²) in [6, 6.07) is 0. The normalized spacial score (nSPS) is 9.00. The van der Waals surface area contributed by atoms with E-state index in [2.05, 4.69) is 9.72 Å². The van der Waals surface area contributed by atoms with E-state index < -0.39 is 19.6 Å². The van der Waals surface area contributed by atoms with E-state index in [1.165, 1.54) is 0 Å². The van der Waals surface area contributed by atoms with Crippen LogP contribution < -0.4 is 0 Å². The van der Waals surface area contributed by atoms with Crippen LogP contribution in [-0.4, -0.2) is 26.4 Å². The molecule has 0 radical (unpaired) electrons. The topological polar surface area (TPSA) is 40.5 Å². The number of thiol groups is 1. The monoisotopic (exact) mass is 188 g/mol. The molecular weight excluding hydrogens is 186 g/mol. The SMILES string of the molecule is [OH][Sb]([OH])[SH]. The third-order valence-corrected chi connectivity index (χ3v) is 0. The van der Waals surface area contributed by atoms with Crippen LogP contribution in [0.25, 0.3) is 0 Å². The van der Waals surface area contributed by atoms with Crippen LogP contribution >= 0.6 is 9.72 Å². The zero-order valence-corrected chi connectivity index (χ0v) is 5.24. The predicted molar refractivity (Wildman–Crippen MR) is 19.2 cm³/mol. The van der Waals surface area contributed by atoms with Gasteiger partial charge in [-0.2, -0.15) is 0 Å². The van der Waals surface area contributed by atoms with Crippen molar-refractivity contribution in [2.75, 3.05) is 0 Å². The molecule has 0 saturated heterocycles. The van der Waals surface area contributed by atoms with Gasteiger partial charge in [-0.1, -0.05) is 0 Å². The summed E-state index contributed by atoms with van der Waals surface area (Å²) in [5, 5.41) is 0. The van der Waals surface area contributed by atoms with Gasteiger partial charge in [0.15, 0.2) is 0 Å². The summed E-state index contributed by atoms with van der Waals surface area (Å²) in [6.45, 7) is 0. The molecule has 0 aromatic carbocycles. The minimum atomic E-state index is -2.76. The molecule has 0 atom stereocenters. The summed E-state index contributed by atoms with van der Waals surface area (Å²) in [5.41, 5.74) is 0. The van der Waals surface area contributed by atoms with Crippen molar-refractivity contribution in [1.29, 1.82) is 0 Å². The van der Waals surface area contributed by atoms with Gasteiger partial charge in [-0.3, -0.25) is 0 Å². The second-order valence-corrected chi connectivity index (χ2v) is 4.20. The standard InChI is InChI=1S/2H2O.H2S.Sb/h3*1H2;/q;;;+3/p-3. The second kappa shape index (κ2) is 2.33. The first-order valence-electron chi connectivity index (χ1n) is 0.600. The zero-order valence-electron chi connectivity index (χ0n) is 1.79. The van der Waals surface area contributed by atoms with Crippen LogP contribution in [0.4, 0.5) is 0 Å². The first kappa shape index (κ1) is 5.09. The van der Waals surface area contributed by atoms with E-state index in [1.54, 1.807) is 0 Å². The van der Waals surface area contributed by atoms with Crippen molar-refractivity contribution in [1.82, 2.24) is 0 Å². The van der Waals surface area contributed by atoms with Gasteiger partial charge in [0.05, 0.1) is 0 Å². The van der Waals surface area contributed by atoms with Crippen molar-refractivity contribution < 1.29 is 6.77 Å². The van der Waals surface area contributed by atoms with Gasteiger partial charge < -0.3 is 0 Å². The molecule has 4 heteroatoms. The van der Waals surface area contributed by atoms with E-state index in [0.717, 1.165) is 0 Å². The number of hydrogen-bond acceptors (Lipinski definition) is 3. The Morgan fingerprint density at radius 2 is 1.50 bits per heavy atom. The van der Waals surface area contributed by atoms with Gasteiger partial charge in [0.25, 0.3) is 0 Å². The third-order valence-electron chi connectivity index (χ3n) is 0. The Bertz CT molecular complexity index is 10.8. The van der Waals surface area contributed by atoms with Crippen LogP contribution in [0.3, 0.4) is 0 Å². The number of rotatable bonds is 0. The molecule has 0 amide bonds. The fraction of sp³-hybridized carbons (Fsp3) is 0. The molecule has 0 aromatic heterocycles. The molecule has 26 valence electrons. The summed E-state index contributed by atoms with van der Waals surface area (Å²) in [4.78, 5) is 0. The molecule has 0 unspecified atom stereocenters. The molecule has 0 aliphatic carbocycles. The van der Waals surface area contributed by atoms with Crippen LogP contribution in [0.2, 0.25) is 0 Å². The Morgan fingerprint density at radius 1 is 1.50 bits per heavy atom. The molecule has 4 heavy (non-hydrogen) atoms. The maximum atomic E-state index is 7.66. The van der Waals surface area contributed by atoms with Crippen molar-refractivity contribution in [3.8, 4) is 0 Å². The molecule has 0 fully saturated rings. The average Bonchev–Trinajstić information content (AvgIpc) is 0.811. The van der Waals surface area contributed by atoms with Crippen LogP contribution in [0, 0.1) is 0 Å². The van der Waals surface area contributed by atoms with Crippen molar-refractivity contribution >= 4 is 29.4 Å². The van der Waals surface area contributed by atoms with Crippen LogP contribution in [-0.2, 0) is 0 Å². The van der Waals surface area contributed by atoms with E-state index >= 15 is 0 Å². The summed E-state index contributed by atoms with van der Waals surface area (Å²) >= 11 is -2.76. The Morgan fingerprint density at radius 3 is 1.50 bits per heavy atom. The zero-order chi connectivity index (χ0) is 3.58. The van der Waals surface area contributed by atoms with Crippen molar-refractivity contribution in [2.24, 2.45) is 0 Å². The summed E-state index contributed by atoms with van der Waals surface area (Å²) in [5.74, 6) is 0. The van der Waals surface area contributed by atoms with Gasteiger partial charge in [0.1, 0.15) is 0 Å².